The van der Waals surface area contributed by atoms with Crippen molar-refractivity contribution in [2.24, 2.45) is 7.05 Å². The summed E-state index contributed by atoms with van der Waals surface area (Å²) in [7, 11) is 1.76. The number of piperazine rings is 1. The Balaban J connectivity index is 1.51. The molecular formula is C25H30N8OS. The molecule has 0 bridgehead atoms. The molecule has 0 spiro atoms. The van der Waals surface area contributed by atoms with Crippen LogP contribution in [0.5, 0.6) is 0 Å². The molecule has 4 aromatic rings. The van der Waals surface area contributed by atoms with Crippen molar-refractivity contribution in [1.82, 2.24) is 29.2 Å². The first-order valence-electron chi connectivity index (χ1n) is 12.1. The van der Waals surface area contributed by atoms with Gasteiger partial charge in [0.2, 0.25) is 0 Å². The summed E-state index contributed by atoms with van der Waals surface area (Å²) in [5.74, 6) is 0. The average Bonchev–Trinajstić information content (AvgIpc) is 3.52. The minimum Gasteiger partial charge on any atom is -0.364 e. The highest BCUT2D eigenvalue weighted by atomic mass is 32.1. The van der Waals surface area contributed by atoms with Gasteiger partial charge in [0.05, 0.1) is 33.7 Å². The van der Waals surface area contributed by atoms with Crippen LogP contribution >= 0.6 is 11.3 Å². The first kappa shape index (κ1) is 23.5. The zero-order valence-electron chi connectivity index (χ0n) is 20.5. The number of anilines is 1. The predicted molar refractivity (Wildman–Crippen MR) is 139 cm³/mol. The molecule has 1 aliphatic heterocycles. The fourth-order valence-corrected chi connectivity index (χ4v) is 5.94. The maximum Gasteiger partial charge on any atom is 0.252 e. The summed E-state index contributed by atoms with van der Waals surface area (Å²) < 4.78 is 4.34. The summed E-state index contributed by atoms with van der Waals surface area (Å²) in [5, 5.41) is 13.8. The molecule has 0 amide bonds. The molecule has 0 radical (unpaired) electrons. The van der Waals surface area contributed by atoms with Crippen LogP contribution in [-0.4, -0.2) is 54.4 Å². The molecule has 182 valence electrons. The quantitative estimate of drug-likeness (QED) is 0.407. The number of hydrogen-bond donors (Lipinski definition) is 0. The van der Waals surface area contributed by atoms with Crippen molar-refractivity contribution in [2.75, 3.05) is 18.0 Å². The second-order valence-electron chi connectivity index (χ2n) is 9.24. The van der Waals surface area contributed by atoms with E-state index in [0.29, 0.717) is 6.04 Å². The monoisotopic (exact) mass is 490 g/mol. The van der Waals surface area contributed by atoms with Gasteiger partial charge in [-0.1, -0.05) is 13.8 Å². The van der Waals surface area contributed by atoms with Crippen molar-refractivity contribution in [1.29, 1.82) is 5.26 Å². The number of rotatable bonds is 6. The molecule has 5 rings (SSSR count). The summed E-state index contributed by atoms with van der Waals surface area (Å²) >= 11 is 1.62. The largest absolute Gasteiger partial charge is 0.364 e. The van der Waals surface area contributed by atoms with Gasteiger partial charge < -0.3 is 9.47 Å². The van der Waals surface area contributed by atoms with Gasteiger partial charge in [-0.25, -0.2) is 9.97 Å². The minimum absolute atomic E-state index is 0.0633. The van der Waals surface area contributed by atoms with Gasteiger partial charge in [-0.15, -0.1) is 11.3 Å². The fraction of sp³-hybridized carbons (Fsp3) is 0.480. The Morgan fingerprint density at radius 3 is 2.74 bits per heavy atom. The third-order valence-corrected chi connectivity index (χ3v) is 8.11. The van der Waals surface area contributed by atoms with Crippen LogP contribution in [-0.2, 0) is 13.6 Å². The van der Waals surface area contributed by atoms with E-state index in [1.807, 2.05) is 11.7 Å². The number of fused-ring (bicyclic) bond motifs is 2. The van der Waals surface area contributed by atoms with E-state index in [-0.39, 0.29) is 24.2 Å². The molecule has 0 aromatic carbocycles. The number of nitriles is 1. The molecule has 1 aliphatic rings. The number of nitrogens with zero attached hydrogens (tertiary/aromatic N) is 8. The second kappa shape index (κ2) is 9.40. The summed E-state index contributed by atoms with van der Waals surface area (Å²) in [6.07, 6.45) is 5.69. The first-order chi connectivity index (χ1) is 16.9. The molecule has 0 saturated carbocycles. The first-order valence-corrected chi connectivity index (χ1v) is 13.0. The molecule has 1 fully saturated rings. The van der Waals surface area contributed by atoms with Gasteiger partial charge in [0.15, 0.2) is 5.65 Å². The number of thiazole rings is 1. The van der Waals surface area contributed by atoms with E-state index in [0.717, 1.165) is 53.0 Å². The molecular weight excluding hydrogens is 460 g/mol. The Kier molecular flexibility index (Phi) is 6.30. The fourth-order valence-electron chi connectivity index (χ4n) is 5.26. The smallest absolute Gasteiger partial charge is 0.252 e. The number of aromatic nitrogens is 5. The summed E-state index contributed by atoms with van der Waals surface area (Å²) in [4.78, 5) is 26.7. The molecule has 4 aromatic heterocycles. The maximum atomic E-state index is 12.9. The van der Waals surface area contributed by atoms with E-state index in [2.05, 4.69) is 52.7 Å². The number of pyridine rings is 2. The third kappa shape index (κ3) is 4.09. The molecule has 3 atom stereocenters. The molecule has 5 heterocycles. The minimum atomic E-state index is -0.0633. The Morgan fingerprint density at radius 1 is 1.20 bits per heavy atom. The van der Waals surface area contributed by atoms with Gasteiger partial charge in [-0.2, -0.15) is 10.4 Å². The van der Waals surface area contributed by atoms with E-state index >= 15 is 0 Å². The summed E-state index contributed by atoms with van der Waals surface area (Å²) in [6, 6.07) is 6.83. The molecule has 1 saturated heterocycles. The van der Waals surface area contributed by atoms with E-state index in [1.54, 1.807) is 39.9 Å². The molecule has 35 heavy (non-hydrogen) atoms. The van der Waals surface area contributed by atoms with Crippen LogP contribution in [0.3, 0.4) is 0 Å². The Morgan fingerprint density at radius 2 is 2.00 bits per heavy atom. The Bertz CT molecular complexity index is 1460. The van der Waals surface area contributed by atoms with E-state index < -0.39 is 0 Å². The number of aryl methyl sites for hydroxylation is 1. The lowest BCUT2D eigenvalue weighted by Crippen LogP contribution is -2.58. The maximum absolute atomic E-state index is 12.9. The second-order valence-corrected chi connectivity index (χ2v) is 10.1. The average molecular weight is 491 g/mol. The highest BCUT2D eigenvalue weighted by molar-refractivity contribution is 7.16. The van der Waals surface area contributed by atoms with Crippen LogP contribution in [0.25, 0.3) is 21.4 Å². The highest BCUT2D eigenvalue weighted by Gasteiger charge is 2.36. The molecule has 0 unspecified atom stereocenters. The van der Waals surface area contributed by atoms with Crippen molar-refractivity contribution in [2.45, 2.75) is 58.3 Å². The van der Waals surface area contributed by atoms with E-state index in [9.17, 15) is 4.79 Å². The molecule has 0 N–H and O–H groups in total. The van der Waals surface area contributed by atoms with Crippen molar-refractivity contribution in [3.8, 4) is 6.07 Å². The van der Waals surface area contributed by atoms with E-state index in [1.165, 1.54) is 5.56 Å². The van der Waals surface area contributed by atoms with Gasteiger partial charge in [0.1, 0.15) is 12.1 Å². The van der Waals surface area contributed by atoms with Gasteiger partial charge >= 0.3 is 0 Å². The van der Waals surface area contributed by atoms with Crippen LogP contribution in [0.15, 0.2) is 34.8 Å². The Labute approximate surface area is 208 Å². The van der Waals surface area contributed by atoms with Crippen LogP contribution in [0.4, 0.5) is 5.69 Å². The third-order valence-electron chi connectivity index (χ3n) is 7.35. The van der Waals surface area contributed by atoms with E-state index in [4.69, 9.17) is 10.4 Å². The van der Waals surface area contributed by atoms with Crippen molar-refractivity contribution in [3.63, 3.8) is 0 Å². The summed E-state index contributed by atoms with van der Waals surface area (Å²) in [5.41, 5.74) is 6.18. The van der Waals surface area contributed by atoms with Gasteiger partial charge in [0.25, 0.3) is 5.56 Å². The van der Waals surface area contributed by atoms with Crippen molar-refractivity contribution < 1.29 is 0 Å². The normalized spacial score (nSPS) is 19.9. The number of hydrogen-bond acceptors (Lipinski definition) is 8. The van der Waals surface area contributed by atoms with Gasteiger partial charge in [0, 0.05) is 50.5 Å². The highest BCUT2D eigenvalue weighted by Crippen LogP contribution is 2.35. The zero-order valence-corrected chi connectivity index (χ0v) is 21.4. The van der Waals surface area contributed by atoms with Crippen molar-refractivity contribution >= 4 is 38.4 Å². The predicted octanol–water partition coefficient (Wildman–Crippen LogP) is 3.70. The van der Waals surface area contributed by atoms with Crippen LogP contribution < -0.4 is 10.5 Å². The summed E-state index contributed by atoms with van der Waals surface area (Å²) in [6.45, 7) is 8.52. The Hall–Kier alpha value is -3.29. The van der Waals surface area contributed by atoms with Crippen LogP contribution in [0.1, 0.15) is 45.2 Å². The topological polar surface area (TPSA) is 95.9 Å². The van der Waals surface area contributed by atoms with Gasteiger partial charge in [-0.3, -0.25) is 14.4 Å². The standard InChI is InChI=1S/C25H30N8OS/c1-5-18-13-33(20-10-23(34)30(4)21-14-31(8-7-26)29-24(20)21)19(6-2)12-32(18)16(3)17-9-22-25(27-11-17)28-15-35-22/h9-11,14-16,18-19H,5-6,8,12-13H2,1-4H3/t16-,18+,19-/m0/s1. The van der Waals surface area contributed by atoms with Crippen LogP contribution in [0.2, 0.25) is 0 Å². The van der Waals surface area contributed by atoms with Crippen LogP contribution in [0, 0.1) is 11.3 Å². The molecule has 10 heteroatoms. The SMILES string of the molecule is CC[C@H]1CN([C@@H](C)c2cnc3ncsc3c2)[C@H](CC)CN1c1cc(=O)n(C)c2cn(CC#N)nc12. The molecule has 9 nitrogen and oxygen atoms in total. The molecule has 0 aliphatic carbocycles. The zero-order chi connectivity index (χ0) is 24.7. The lowest BCUT2D eigenvalue weighted by molar-refractivity contribution is 0.101. The lowest BCUT2D eigenvalue weighted by Gasteiger charge is -2.49. The van der Waals surface area contributed by atoms with Gasteiger partial charge in [-0.05, 0) is 31.4 Å². The van der Waals surface area contributed by atoms with Crippen molar-refractivity contribution in [3.05, 3.63) is 46.0 Å². The lowest BCUT2D eigenvalue weighted by atomic mass is 9.97.